The van der Waals surface area contributed by atoms with Gasteiger partial charge in [0.05, 0.1) is 7.11 Å². The number of oxime groups is 1. The van der Waals surface area contributed by atoms with Gasteiger partial charge in [0.25, 0.3) is 0 Å². The topological polar surface area (TPSA) is 80.7 Å². The van der Waals surface area contributed by atoms with Crippen LogP contribution in [0.5, 0.6) is 5.88 Å². The maximum atomic E-state index is 8.36. The van der Waals surface area contributed by atoms with Crippen molar-refractivity contribution in [1.82, 2.24) is 4.98 Å². The molecule has 0 spiro atoms. The molecule has 0 bridgehead atoms. The Kier molecular flexibility index (Phi) is 3.08. The van der Waals surface area contributed by atoms with Gasteiger partial charge in [-0.3, -0.25) is 0 Å². The van der Waals surface area contributed by atoms with Gasteiger partial charge in [0.2, 0.25) is 5.88 Å². The standard InChI is InChI=1S/C8H11N3O2/c1-13-8-6(3-2-4-10-8)5-7(9)11-12/h2-4,12H,5H2,1H3,(H2,9,11). The lowest BCUT2D eigenvalue weighted by Gasteiger charge is -2.04. The van der Waals surface area contributed by atoms with E-state index in [-0.39, 0.29) is 5.84 Å². The highest BCUT2D eigenvalue weighted by Crippen LogP contribution is 2.13. The van der Waals surface area contributed by atoms with E-state index in [0.717, 1.165) is 5.56 Å². The van der Waals surface area contributed by atoms with Crippen LogP contribution >= 0.6 is 0 Å². The highest BCUT2D eigenvalue weighted by Gasteiger charge is 2.04. The lowest BCUT2D eigenvalue weighted by atomic mass is 10.2. The molecule has 0 saturated carbocycles. The molecule has 0 unspecified atom stereocenters. The van der Waals surface area contributed by atoms with Crippen LogP contribution < -0.4 is 10.5 Å². The molecule has 5 nitrogen and oxygen atoms in total. The lowest BCUT2D eigenvalue weighted by Crippen LogP contribution is -2.15. The molecule has 0 aliphatic rings. The largest absolute Gasteiger partial charge is 0.481 e. The van der Waals surface area contributed by atoms with Crippen molar-refractivity contribution in [3.63, 3.8) is 0 Å². The Labute approximate surface area is 75.8 Å². The summed E-state index contributed by atoms with van der Waals surface area (Å²) in [6.07, 6.45) is 1.95. The first-order valence-corrected chi connectivity index (χ1v) is 3.72. The summed E-state index contributed by atoms with van der Waals surface area (Å²) in [5, 5.41) is 11.2. The van der Waals surface area contributed by atoms with Crippen molar-refractivity contribution >= 4 is 5.84 Å². The van der Waals surface area contributed by atoms with Crippen molar-refractivity contribution in [3.8, 4) is 5.88 Å². The number of hydrogen-bond donors (Lipinski definition) is 2. The van der Waals surface area contributed by atoms with Crippen LogP contribution in [0.1, 0.15) is 5.56 Å². The third kappa shape index (κ3) is 2.33. The Balaban J connectivity index is 2.87. The second-order valence-corrected chi connectivity index (χ2v) is 2.44. The van der Waals surface area contributed by atoms with Crippen LogP contribution in [0, 0.1) is 0 Å². The van der Waals surface area contributed by atoms with E-state index in [1.165, 1.54) is 7.11 Å². The molecule has 0 aliphatic heterocycles. The predicted octanol–water partition coefficient (Wildman–Crippen LogP) is 0.379. The minimum atomic E-state index is 0.131. The van der Waals surface area contributed by atoms with E-state index in [9.17, 15) is 0 Å². The van der Waals surface area contributed by atoms with Crippen LogP contribution in [0.25, 0.3) is 0 Å². The number of pyridine rings is 1. The van der Waals surface area contributed by atoms with Crippen LogP contribution in [0.4, 0.5) is 0 Å². The molecular formula is C8H11N3O2. The van der Waals surface area contributed by atoms with Gasteiger partial charge in [-0.05, 0) is 6.07 Å². The Morgan fingerprint density at radius 1 is 1.77 bits per heavy atom. The molecule has 1 heterocycles. The number of aromatic nitrogens is 1. The summed E-state index contributed by atoms with van der Waals surface area (Å²) in [4.78, 5) is 3.97. The molecule has 0 aromatic carbocycles. The summed E-state index contributed by atoms with van der Waals surface area (Å²) in [5.41, 5.74) is 6.14. The number of hydrogen-bond acceptors (Lipinski definition) is 4. The van der Waals surface area contributed by atoms with E-state index in [0.29, 0.717) is 12.3 Å². The third-order valence-electron chi connectivity index (χ3n) is 1.54. The average Bonchev–Trinajstić information content (AvgIpc) is 2.18. The minimum Gasteiger partial charge on any atom is -0.481 e. The molecule has 0 radical (unpaired) electrons. The molecule has 1 aromatic rings. The van der Waals surface area contributed by atoms with Gasteiger partial charge in [-0.25, -0.2) is 4.98 Å². The van der Waals surface area contributed by atoms with Crippen molar-refractivity contribution < 1.29 is 9.94 Å². The molecule has 0 fully saturated rings. The van der Waals surface area contributed by atoms with Crippen molar-refractivity contribution in [2.75, 3.05) is 7.11 Å². The zero-order chi connectivity index (χ0) is 9.68. The SMILES string of the molecule is COc1ncccc1CC(N)=NO. The second-order valence-electron chi connectivity index (χ2n) is 2.44. The number of nitrogens with two attached hydrogens (primary N) is 1. The maximum absolute atomic E-state index is 8.36. The molecular weight excluding hydrogens is 170 g/mol. The number of ether oxygens (including phenoxy) is 1. The highest BCUT2D eigenvalue weighted by molar-refractivity contribution is 5.82. The summed E-state index contributed by atoms with van der Waals surface area (Å²) in [5.74, 6) is 0.625. The van der Waals surface area contributed by atoms with Gasteiger partial charge in [-0.2, -0.15) is 0 Å². The summed E-state index contributed by atoms with van der Waals surface area (Å²) in [6.45, 7) is 0. The van der Waals surface area contributed by atoms with Gasteiger partial charge in [0, 0.05) is 18.2 Å². The molecule has 13 heavy (non-hydrogen) atoms. The van der Waals surface area contributed by atoms with Crippen LogP contribution in [-0.4, -0.2) is 23.1 Å². The van der Waals surface area contributed by atoms with Crippen molar-refractivity contribution in [3.05, 3.63) is 23.9 Å². The Morgan fingerprint density at radius 2 is 2.54 bits per heavy atom. The lowest BCUT2D eigenvalue weighted by molar-refractivity contribution is 0.317. The molecule has 0 atom stereocenters. The van der Waals surface area contributed by atoms with Crippen LogP contribution in [-0.2, 0) is 6.42 Å². The number of amidine groups is 1. The normalized spacial score (nSPS) is 11.3. The summed E-state index contributed by atoms with van der Waals surface area (Å²) in [6, 6.07) is 3.58. The number of nitrogens with zero attached hydrogens (tertiary/aromatic N) is 2. The van der Waals surface area contributed by atoms with E-state index < -0.39 is 0 Å². The fourth-order valence-electron chi connectivity index (χ4n) is 0.973. The summed E-state index contributed by atoms with van der Waals surface area (Å²) >= 11 is 0. The maximum Gasteiger partial charge on any atom is 0.216 e. The molecule has 70 valence electrons. The van der Waals surface area contributed by atoms with Gasteiger partial charge in [0.15, 0.2) is 0 Å². The van der Waals surface area contributed by atoms with Crippen molar-refractivity contribution in [2.24, 2.45) is 10.9 Å². The zero-order valence-corrected chi connectivity index (χ0v) is 7.27. The Morgan fingerprint density at radius 3 is 3.15 bits per heavy atom. The fraction of sp³-hybridized carbons (Fsp3) is 0.250. The van der Waals surface area contributed by atoms with Gasteiger partial charge < -0.3 is 15.7 Å². The number of rotatable bonds is 3. The van der Waals surface area contributed by atoms with Crippen LogP contribution in [0.15, 0.2) is 23.5 Å². The first-order chi connectivity index (χ1) is 6.27. The summed E-state index contributed by atoms with van der Waals surface area (Å²) < 4.78 is 4.99. The van der Waals surface area contributed by atoms with E-state index in [1.807, 2.05) is 6.07 Å². The van der Waals surface area contributed by atoms with E-state index in [4.69, 9.17) is 15.7 Å². The first-order valence-electron chi connectivity index (χ1n) is 3.72. The molecule has 0 amide bonds. The van der Waals surface area contributed by atoms with Crippen LogP contribution in [0.3, 0.4) is 0 Å². The van der Waals surface area contributed by atoms with Gasteiger partial charge >= 0.3 is 0 Å². The molecule has 5 heteroatoms. The van der Waals surface area contributed by atoms with E-state index in [2.05, 4.69) is 10.1 Å². The quantitative estimate of drug-likeness (QED) is 0.306. The predicted molar refractivity (Wildman–Crippen MR) is 47.9 cm³/mol. The van der Waals surface area contributed by atoms with Gasteiger partial charge in [-0.1, -0.05) is 11.2 Å². The average molecular weight is 181 g/mol. The summed E-state index contributed by atoms with van der Waals surface area (Å²) in [7, 11) is 1.53. The molecule has 1 aromatic heterocycles. The zero-order valence-electron chi connectivity index (χ0n) is 7.27. The Hall–Kier alpha value is -1.78. The molecule has 1 rings (SSSR count). The van der Waals surface area contributed by atoms with E-state index >= 15 is 0 Å². The van der Waals surface area contributed by atoms with Crippen molar-refractivity contribution in [1.29, 1.82) is 0 Å². The van der Waals surface area contributed by atoms with Gasteiger partial charge in [0.1, 0.15) is 5.84 Å². The smallest absolute Gasteiger partial charge is 0.216 e. The monoisotopic (exact) mass is 181 g/mol. The highest BCUT2D eigenvalue weighted by atomic mass is 16.5. The van der Waals surface area contributed by atoms with Gasteiger partial charge in [-0.15, -0.1) is 0 Å². The van der Waals surface area contributed by atoms with E-state index in [1.54, 1.807) is 12.3 Å². The third-order valence-corrected chi connectivity index (χ3v) is 1.54. The minimum absolute atomic E-state index is 0.131. The first kappa shape index (κ1) is 9.31. The number of methoxy groups -OCH3 is 1. The Bertz CT molecular complexity index is 312. The second kappa shape index (κ2) is 4.30. The molecule has 0 aliphatic carbocycles. The van der Waals surface area contributed by atoms with Crippen molar-refractivity contribution in [2.45, 2.75) is 6.42 Å². The molecule has 3 N–H and O–H groups in total. The fourth-order valence-corrected chi connectivity index (χ4v) is 0.973. The molecule has 0 saturated heterocycles. The van der Waals surface area contributed by atoms with Crippen LogP contribution in [0.2, 0.25) is 0 Å².